The van der Waals surface area contributed by atoms with E-state index >= 15 is 0 Å². The predicted octanol–water partition coefficient (Wildman–Crippen LogP) is 0.617. The highest BCUT2D eigenvalue weighted by Gasteiger charge is 2.19. The van der Waals surface area contributed by atoms with Crippen LogP contribution >= 0.6 is 0 Å². The highest BCUT2D eigenvalue weighted by Crippen LogP contribution is 2.22. The van der Waals surface area contributed by atoms with Crippen molar-refractivity contribution in [2.24, 2.45) is 5.73 Å². The molecule has 2 rings (SSSR count). The molecule has 1 aromatic heterocycles. The zero-order valence-corrected chi connectivity index (χ0v) is 7.66. The lowest BCUT2D eigenvalue weighted by molar-refractivity contribution is 0.719. The van der Waals surface area contributed by atoms with Gasteiger partial charge < -0.3 is 11.1 Å². The van der Waals surface area contributed by atoms with Crippen LogP contribution in [0.5, 0.6) is 0 Å². The number of nitrogens with two attached hydrogens (primary N) is 1. The fourth-order valence-electron chi connectivity index (χ4n) is 1.88. The summed E-state index contributed by atoms with van der Waals surface area (Å²) in [5, 5.41) is 3.34. The molecule has 2 heterocycles. The maximum absolute atomic E-state index is 5.66. The first-order valence-electron chi connectivity index (χ1n) is 4.76. The normalized spacial score (nSPS) is 22.1. The monoisotopic (exact) mass is 177 g/mol. The maximum Gasteiger partial charge on any atom is 0.0492 e. The van der Waals surface area contributed by atoms with Gasteiger partial charge in [0.25, 0.3) is 0 Å². The summed E-state index contributed by atoms with van der Waals surface area (Å²) >= 11 is 0. The molecule has 1 unspecified atom stereocenters. The molecule has 0 bridgehead atoms. The molecule has 3 nitrogen and oxygen atoms in total. The SMILES string of the molecule is NCc1cccnc1C1CCNC1. The molecule has 1 fully saturated rings. The largest absolute Gasteiger partial charge is 0.326 e. The number of hydrogen-bond acceptors (Lipinski definition) is 3. The van der Waals surface area contributed by atoms with Crippen molar-refractivity contribution in [3.63, 3.8) is 0 Å². The average molecular weight is 177 g/mol. The van der Waals surface area contributed by atoms with Crippen LogP contribution in [0.3, 0.4) is 0 Å². The second-order valence-electron chi connectivity index (χ2n) is 3.44. The number of nitrogens with zero attached hydrogens (tertiary/aromatic N) is 1. The van der Waals surface area contributed by atoms with E-state index in [0.29, 0.717) is 12.5 Å². The molecule has 3 N–H and O–H groups in total. The zero-order valence-electron chi connectivity index (χ0n) is 7.66. The molecule has 0 spiro atoms. The fraction of sp³-hybridized carbons (Fsp3) is 0.500. The Hall–Kier alpha value is -0.930. The smallest absolute Gasteiger partial charge is 0.0492 e. The van der Waals surface area contributed by atoms with Crippen molar-refractivity contribution in [3.8, 4) is 0 Å². The Morgan fingerprint density at radius 2 is 2.54 bits per heavy atom. The quantitative estimate of drug-likeness (QED) is 0.696. The van der Waals surface area contributed by atoms with Gasteiger partial charge in [-0.15, -0.1) is 0 Å². The Balaban J connectivity index is 2.26. The lowest BCUT2D eigenvalue weighted by Gasteiger charge is -2.11. The molecule has 0 amide bonds. The zero-order chi connectivity index (χ0) is 9.10. The summed E-state index contributed by atoms with van der Waals surface area (Å²) in [5.41, 5.74) is 8.04. The van der Waals surface area contributed by atoms with Gasteiger partial charge in [-0.2, -0.15) is 0 Å². The van der Waals surface area contributed by atoms with Crippen LogP contribution in [-0.2, 0) is 6.54 Å². The molecular formula is C10H15N3. The van der Waals surface area contributed by atoms with Gasteiger partial charge in [-0.3, -0.25) is 4.98 Å². The molecule has 0 aliphatic carbocycles. The Kier molecular flexibility index (Phi) is 2.57. The van der Waals surface area contributed by atoms with Gasteiger partial charge in [0.1, 0.15) is 0 Å². The van der Waals surface area contributed by atoms with Crippen LogP contribution in [0.15, 0.2) is 18.3 Å². The molecule has 1 saturated heterocycles. The molecule has 1 aliphatic rings. The molecule has 0 radical (unpaired) electrons. The van der Waals surface area contributed by atoms with Gasteiger partial charge in [0.2, 0.25) is 0 Å². The molecule has 70 valence electrons. The third kappa shape index (κ3) is 1.71. The first-order chi connectivity index (χ1) is 6.42. The van der Waals surface area contributed by atoms with Gasteiger partial charge in [0, 0.05) is 30.9 Å². The highest BCUT2D eigenvalue weighted by atomic mass is 14.9. The Labute approximate surface area is 78.4 Å². The summed E-state index contributed by atoms with van der Waals surface area (Å²) in [6.07, 6.45) is 3.04. The van der Waals surface area contributed by atoms with Crippen LogP contribution in [0.2, 0.25) is 0 Å². The minimum atomic E-state index is 0.569. The Bertz CT molecular complexity index is 279. The average Bonchev–Trinajstić information content (AvgIpc) is 2.70. The van der Waals surface area contributed by atoms with Gasteiger partial charge in [0.05, 0.1) is 0 Å². The number of hydrogen-bond donors (Lipinski definition) is 2. The van der Waals surface area contributed by atoms with E-state index in [2.05, 4.69) is 16.4 Å². The topological polar surface area (TPSA) is 50.9 Å². The van der Waals surface area contributed by atoms with Crippen LogP contribution < -0.4 is 11.1 Å². The van der Waals surface area contributed by atoms with E-state index in [9.17, 15) is 0 Å². The van der Waals surface area contributed by atoms with Gasteiger partial charge >= 0.3 is 0 Å². The lowest BCUT2D eigenvalue weighted by Crippen LogP contribution is -2.12. The second kappa shape index (κ2) is 3.85. The van der Waals surface area contributed by atoms with Crippen molar-refractivity contribution in [2.45, 2.75) is 18.9 Å². The van der Waals surface area contributed by atoms with E-state index in [-0.39, 0.29) is 0 Å². The molecule has 1 aromatic rings. The van der Waals surface area contributed by atoms with Crippen LogP contribution in [0.25, 0.3) is 0 Å². The van der Waals surface area contributed by atoms with Crippen molar-refractivity contribution in [2.75, 3.05) is 13.1 Å². The Morgan fingerprint density at radius 3 is 3.23 bits per heavy atom. The second-order valence-corrected chi connectivity index (χ2v) is 3.44. The molecular weight excluding hydrogens is 162 g/mol. The van der Waals surface area contributed by atoms with E-state index in [0.717, 1.165) is 13.1 Å². The van der Waals surface area contributed by atoms with Gasteiger partial charge in [-0.1, -0.05) is 6.07 Å². The van der Waals surface area contributed by atoms with E-state index < -0.39 is 0 Å². The first-order valence-corrected chi connectivity index (χ1v) is 4.76. The van der Waals surface area contributed by atoms with Crippen LogP contribution in [0, 0.1) is 0 Å². The molecule has 0 aromatic carbocycles. The van der Waals surface area contributed by atoms with Gasteiger partial charge in [-0.25, -0.2) is 0 Å². The molecule has 0 saturated carbocycles. The minimum Gasteiger partial charge on any atom is -0.326 e. The number of nitrogens with one attached hydrogen (secondary N) is 1. The lowest BCUT2D eigenvalue weighted by atomic mass is 9.99. The fourth-order valence-corrected chi connectivity index (χ4v) is 1.88. The molecule has 1 aliphatic heterocycles. The van der Waals surface area contributed by atoms with Gasteiger partial charge in [0.15, 0.2) is 0 Å². The maximum atomic E-state index is 5.66. The van der Waals surface area contributed by atoms with E-state index in [4.69, 9.17) is 5.73 Å². The van der Waals surface area contributed by atoms with Crippen molar-refractivity contribution in [3.05, 3.63) is 29.6 Å². The third-order valence-electron chi connectivity index (χ3n) is 2.59. The number of aromatic nitrogens is 1. The number of pyridine rings is 1. The van der Waals surface area contributed by atoms with E-state index in [1.807, 2.05) is 12.3 Å². The van der Waals surface area contributed by atoms with Crippen LogP contribution in [-0.4, -0.2) is 18.1 Å². The van der Waals surface area contributed by atoms with Crippen LogP contribution in [0.4, 0.5) is 0 Å². The van der Waals surface area contributed by atoms with Crippen molar-refractivity contribution < 1.29 is 0 Å². The summed E-state index contributed by atoms with van der Waals surface area (Å²) in [5.74, 6) is 0.569. The van der Waals surface area contributed by atoms with Crippen LogP contribution in [0.1, 0.15) is 23.6 Å². The summed E-state index contributed by atoms with van der Waals surface area (Å²) in [6.45, 7) is 2.74. The summed E-state index contributed by atoms with van der Waals surface area (Å²) < 4.78 is 0. The predicted molar refractivity (Wildman–Crippen MR) is 52.4 cm³/mol. The number of rotatable bonds is 2. The molecule has 3 heteroatoms. The summed E-state index contributed by atoms with van der Waals surface area (Å²) in [6, 6.07) is 4.02. The minimum absolute atomic E-state index is 0.569. The van der Waals surface area contributed by atoms with Gasteiger partial charge in [-0.05, 0) is 24.6 Å². The third-order valence-corrected chi connectivity index (χ3v) is 2.59. The molecule has 13 heavy (non-hydrogen) atoms. The van der Waals surface area contributed by atoms with E-state index in [1.165, 1.54) is 17.7 Å². The standard InChI is InChI=1S/C10H15N3/c11-6-8-2-1-4-13-10(8)9-3-5-12-7-9/h1-2,4,9,12H,3,5-7,11H2. The highest BCUT2D eigenvalue weighted by molar-refractivity contribution is 5.24. The van der Waals surface area contributed by atoms with Crippen molar-refractivity contribution >= 4 is 0 Å². The summed E-state index contributed by atoms with van der Waals surface area (Å²) in [4.78, 5) is 4.41. The summed E-state index contributed by atoms with van der Waals surface area (Å²) in [7, 11) is 0. The Morgan fingerprint density at radius 1 is 1.62 bits per heavy atom. The molecule has 1 atom stereocenters. The van der Waals surface area contributed by atoms with Crippen molar-refractivity contribution in [1.82, 2.24) is 10.3 Å². The first kappa shape index (κ1) is 8.66. The van der Waals surface area contributed by atoms with E-state index in [1.54, 1.807) is 0 Å². The van der Waals surface area contributed by atoms with Crippen molar-refractivity contribution in [1.29, 1.82) is 0 Å².